The molecule has 1 aliphatic rings. The number of nitrogens with zero attached hydrogens (tertiary/aromatic N) is 1. The largest absolute Gasteiger partial charge is 0.393 e. The van der Waals surface area contributed by atoms with Crippen molar-refractivity contribution in [2.45, 2.75) is 50.7 Å². The first kappa shape index (κ1) is 10.6. The third-order valence-electron chi connectivity index (χ3n) is 3.13. The van der Waals surface area contributed by atoms with Crippen LogP contribution in [0.15, 0.2) is 6.20 Å². The molecule has 0 atom stereocenters. The van der Waals surface area contributed by atoms with E-state index in [1.807, 2.05) is 0 Å². The fraction of sp³-hybridized carbons (Fsp3) is 0.727. The summed E-state index contributed by atoms with van der Waals surface area (Å²) in [4.78, 5) is 0. The average molecular weight is 209 g/mol. The molecule has 1 aromatic rings. The highest BCUT2D eigenvalue weighted by molar-refractivity contribution is 5.33. The summed E-state index contributed by atoms with van der Waals surface area (Å²) in [6, 6.07) is 0. The van der Waals surface area contributed by atoms with Gasteiger partial charge in [0.1, 0.15) is 0 Å². The van der Waals surface area contributed by atoms with Gasteiger partial charge in [-0.3, -0.25) is 5.10 Å². The summed E-state index contributed by atoms with van der Waals surface area (Å²) in [6.07, 6.45) is 2.82. The number of rotatable bonds is 1. The van der Waals surface area contributed by atoms with Crippen LogP contribution in [0.1, 0.15) is 44.9 Å². The Labute approximate surface area is 89.9 Å². The van der Waals surface area contributed by atoms with E-state index in [0.717, 1.165) is 11.3 Å². The molecule has 1 heterocycles. The maximum absolute atomic E-state index is 9.37. The molecule has 0 bridgehead atoms. The molecular formula is C11H19N3O. The van der Waals surface area contributed by atoms with Gasteiger partial charge in [-0.25, -0.2) is 0 Å². The zero-order valence-electron chi connectivity index (χ0n) is 9.54. The van der Waals surface area contributed by atoms with E-state index < -0.39 is 0 Å². The van der Waals surface area contributed by atoms with Gasteiger partial charge in [-0.05, 0) is 12.8 Å². The van der Waals surface area contributed by atoms with Crippen molar-refractivity contribution >= 4 is 0 Å². The van der Waals surface area contributed by atoms with Gasteiger partial charge in [-0.15, -0.1) is 0 Å². The van der Waals surface area contributed by atoms with E-state index in [1.165, 1.54) is 0 Å². The van der Waals surface area contributed by atoms with Crippen LogP contribution in [0.3, 0.4) is 0 Å². The normalized spacial score (nSPS) is 31.4. The van der Waals surface area contributed by atoms with E-state index in [-0.39, 0.29) is 17.1 Å². The number of nitrogens with two attached hydrogens (primary N) is 1. The maximum atomic E-state index is 9.37. The minimum absolute atomic E-state index is 0.0126. The molecule has 1 saturated carbocycles. The van der Waals surface area contributed by atoms with Crippen molar-refractivity contribution in [3.8, 4) is 0 Å². The second-order valence-electron chi connectivity index (χ2n) is 5.63. The second-order valence-corrected chi connectivity index (χ2v) is 5.63. The molecule has 4 heteroatoms. The standard InChI is InChI=1S/C11H19N3O/c1-10(2,3)9-8(6-13-14-9)11(12)4-7(15)5-11/h6-7,15H,4-5,12H2,1-3H3,(H,13,14). The monoisotopic (exact) mass is 209 g/mol. The number of aliphatic hydroxyl groups excluding tert-OH is 1. The van der Waals surface area contributed by atoms with E-state index in [4.69, 9.17) is 5.73 Å². The number of nitrogens with one attached hydrogen (secondary N) is 1. The molecule has 2 rings (SSSR count). The first-order valence-electron chi connectivity index (χ1n) is 5.34. The van der Waals surface area contributed by atoms with E-state index in [1.54, 1.807) is 6.20 Å². The molecule has 0 aromatic carbocycles. The van der Waals surface area contributed by atoms with Gasteiger partial charge >= 0.3 is 0 Å². The third-order valence-corrected chi connectivity index (χ3v) is 3.13. The molecule has 84 valence electrons. The van der Waals surface area contributed by atoms with Crippen LogP contribution in [0, 0.1) is 0 Å². The SMILES string of the molecule is CC(C)(C)c1[nH]ncc1C1(N)CC(O)C1. The Morgan fingerprint density at radius 2 is 2.13 bits per heavy atom. The number of H-pyrrole nitrogens is 1. The van der Waals surface area contributed by atoms with Crippen LogP contribution in [-0.2, 0) is 11.0 Å². The molecule has 4 nitrogen and oxygen atoms in total. The molecule has 0 spiro atoms. The summed E-state index contributed by atoms with van der Waals surface area (Å²) in [6.45, 7) is 6.38. The van der Waals surface area contributed by atoms with Gasteiger partial charge in [-0.2, -0.15) is 5.10 Å². The highest BCUT2D eigenvalue weighted by Gasteiger charge is 2.44. The molecule has 15 heavy (non-hydrogen) atoms. The van der Waals surface area contributed by atoms with Crippen molar-refractivity contribution in [3.63, 3.8) is 0 Å². The molecule has 0 aliphatic heterocycles. The summed E-state index contributed by atoms with van der Waals surface area (Å²) in [5.41, 5.74) is 8.01. The Morgan fingerprint density at radius 3 is 2.60 bits per heavy atom. The van der Waals surface area contributed by atoms with Gasteiger partial charge < -0.3 is 10.8 Å². The lowest BCUT2D eigenvalue weighted by Gasteiger charge is -2.43. The number of hydrogen-bond acceptors (Lipinski definition) is 3. The highest BCUT2D eigenvalue weighted by atomic mass is 16.3. The van der Waals surface area contributed by atoms with Gasteiger partial charge in [0.2, 0.25) is 0 Å². The number of aromatic nitrogens is 2. The molecule has 0 amide bonds. The number of hydrogen-bond donors (Lipinski definition) is 3. The van der Waals surface area contributed by atoms with Crippen LogP contribution in [0.4, 0.5) is 0 Å². The zero-order valence-corrected chi connectivity index (χ0v) is 9.54. The van der Waals surface area contributed by atoms with Gasteiger partial charge in [0.05, 0.1) is 12.3 Å². The first-order chi connectivity index (χ1) is 6.83. The summed E-state index contributed by atoms with van der Waals surface area (Å²) in [5.74, 6) is 0. The number of aliphatic hydroxyl groups is 1. The molecule has 1 aliphatic carbocycles. The minimum Gasteiger partial charge on any atom is -0.393 e. The van der Waals surface area contributed by atoms with Crippen LogP contribution in [0.2, 0.25) is 0 Å². The van der Waals surface area contributed by atoms with Crippen molar-refractivity contribution in [1.29, 1.82) is 0 Å². The van der Waals surface area contributed by atoms with Crippen LogP contribution in [-0.4, -0.2) is 21.4 Å². The topological polar surface area (TPSA) is 74.9 Å². The lowest BCUT2D eigenvalue weighted by Crippen LogP contribution is -2.52. The van der Waals surface area contributed by atoms with Crippen LogP contribution >= 0.6 is 0 Å². The fourth-order valence-electron chi connectivity index (χ4n) is 2.24. The van der Waals surface area contributed by atoms with Gasteiger partial charge in [-0.1, -0.05) is 20.8 Å². The Bertz CT molecular complexity index is 358. The zero-order chi connectivity index (χ0) is 11.3. The summed E-state index contributed by atoms with van der Waals surface area (Å²) in [5, 5.41) is 16.5. The summed E-state index contributed by atoms with van der Waals surface area (Å²) >= 11 is 0. The third kappa shape index (κ3) is 1.68. The first-order valence-corrected chi connectivity index (χ1v) is 5.34. The van der Waals surface area contributed by atoms with Gasteiger partial charge in [0.15, 0.2) is 0 Å². The van der Waals surface area contributed by atoms with Crippen LogP contribution in [0.5, 0.6) is 0 Å². The van der Waals surface area contributed by atoms with E-state index >= 15 is 0 Å². The van der Waals surface area contributed by atoms with Crippen molar-refractivity contribution in [2.24, 2.45) is 5.73 Å². The summed E-state index contributed by atoms with van der Waals surface area (Å²) < 4.78 is 0. The molecule has 4 N–H and O–H groups in total. The second kappa shape index (κ2) is 3.06. The van der Waals surface area contributed by atoms with Crippen LogP contribution in [0.25, 0.3) is 0 Å². The Kier molecular flexibility index (Phi) is 2.17. The fourth-order valence-corrected chi connectivity index (χ4v) is 2.24. The van der Waals surface area contributed by atoms with E-state index in [0.29, 0.717) is 12.8 Å². The van der Waals surface area contributed by atoms with Crippen molar-refractivity contribution in [3.05, 3.63) is 17.5 Å². The quantitative estimate of drug-likeness (QED) is 0.646. The van der Waals surface area contributed by atoms with Crippen molar-refractivity contribution < 1.29 is 5.11 Å². The molecule has 1 aromatic heterocycles. The molecule has 1 fully saturated rings. The Hall–Kier alpha value is -0.870. The maximum Gasteiger partial charge on any atom is 0.0582 e. The predicted octanol–water partition coefficient (Wildman–Crippen LogP) is 1.02. The smallest absolute Gasteiger partial charge is 0.0582 e. The minimum atomic E-state index is -0.380. The average Bonchev–Trinajstić information content (AvgIpc) is 2.47. The van der Waals surface area contributed by atoms with Gasteiger partial charge in [0.25, 0.3) is 0 Å². The van der Waals surface area contributed by atoms with E-state index in [9.17, 15) is 5.11 Å². The molecule has 0 saturated heterocycles. The number of aromatic amines is 1. The molecular weight excluding hydrogens is 190 g/mol. The molecule has 0 unspecified atom stereocenters. The lowest BCUT2D eigenvalue weighted by molar-refractivity contribution is 0.0201. The Morgan fingerprint density at radius 1 is 1.53 bits per heavy atom. The summed E-state index contributed by atoms with van der Waals surface area (Å²) in [7, 11) is 0. The molecule has 0 radical (unpaired) electrons. The van der Waals surface area contributed by atoms with Crippen molar-refractivity contribution in [1.82, 2.24) is 10.2 Å². The van der Waals surface area contributed by atoms with E-state index in [2.05, 4.69) is 31.0 Å². The predicted molar refractivity (Wildman–Crippen MR) is 58.4 cm³/mol. The lowest BCUT2D eigenvalue weighted by atomic mass is 9.68. The van der Waals surface area contributed by atoms with Crippen LogP contribution < -0.4 is 5.73 Å². The Balaban J connectivity index is 2.34. The van der Waals surface area contributed by atoms with Crippen molar-refractivity contribution in [2.75, 3.05) is 0 Å². The highest BCUT2D eigenvalue weighted by Crippen LogP contribution is 2.42. The van der Waals surface area contributed by atoms with Gasteiger partial charge in [0, 0.05) is 22.2 Å².